The summed E-state index contributed by atoms with van der Waals surface area (Å²) < 4.78 is 76.6. The zero-order valence-corrected chi connectivity index (χ0v) is 25.5. The summed E-state index contributed by atoms with van der Waals surface area (Å²) in [6, 6.07) is 6.06. The van der Waals surface area contributed by atoms with Crippen LogP contribution in [-0.4, -0.2) is 63.7 Å². The Balaban J connectivity index is 1.25. The number of rotatable bonds is 6. The Morgan fingerprint density at radius 3 is 2.64 bits per heavy atom. The molecular formula is C29H36F3N7O4S. The van der Waals surface area contributed by atoms with Crippen LogP contribution in [0.25, 0.3) is 5.82 Å². The molecule has 1 N–H and O–H groups in total. The topological polar surface area (TPSA) is 124 Å². The lowest BCUT2D eigenvalue weighted by Crippen LogP contribution is -2.41. The highest BCUT2D eigenvalue weighted by atomic mass is 32.2. The monoisotopic (exact) mass is 635 g/mol. The SMILES string of the molecule is CC1(C)CC2CCCCn3ccc(n3)S(=O)(=O)NC(=O)c3ccc(-n4ccc(OCCCC5(C(F)(F)F)CC5)n4)nc3N1C2. The number of hydrogen-bond acceptors (Lipinski definition) is 8. The van der Waals surface area contributed by atoms with Crippen LogP contribution in [0.15, 0.2) is 41.7 Å². The summed E-state index contributed by atoms with van der Waals surface area (Å²) in [5.41, 5.74) is -1.82. The smallest absolute Gasteiger partial charge is 0.394 e. The average Bonchev–Trinajstić information content (AvgIpc) is 3.26. The number of halogens is 3. The summed E-state index contributed by atoms with van der Waals surface area (Å²) in [5.74, 6) is 0.483. The fraction of sp³-hybridized carbons (Fsp3) is 0.586. The van der Waals surface area contributed by atoms with Crippen LogP contribution < -0.4 is 14.4 Å². The molecule has 3 aliphatic rings. The lowest BCUT2D eigenvalue weighted by molar-refractivity contribution is -0.189. The molecule has 2 aliphatic heterocycles. The maximum atomic E-state index is 13.5. The minimum atomic E-state index is -4.23. The number of amides is 1. The highest BCUT2D eigenvalue weighted by Crippen LogP contribution is 2.60. The van der Waals surface area contributed by atoms with Crippen LogP contribution >= 0.6 is 0 Å². The van der Waals surface area contributed by atoms with E-state index in [1.54, 1.807) is 29.2 Å². The van der Waals surface area contributed by atoms with E-state index in [1.165, 1.54) is 16.8 Å². The second-order valence-corrected chi connectivity index (χ2v) is 14.3. The van der Waals surface area contributed by atoms with Crippen molar-refractivity contribution in [1.82, 2.24) is 29.3 Å². The van der Waals surface area contributed by atoms with E-state index in [1.807, 2.05) is 0 Å². The van der Waals surface area contributed by atoms with E-state index in [0.29, 0.717) is 30.6 Å². The minimum Gasteiger partial charge on any atom is -0.477 e. The molecule has 5 heterocycles. The van der Waals surface area contributed by atoms with Gasteiger partial charge in [0.2, 0.25) is 5.88 Å². The van der Waals surface area contributed by atoms with Crippen LogP contribution in [0.1, 0.15) is 75.6 Å². The maximum Gasteiger partial charge on any atom is 0.394 e. The van der Waals surface area contributed by atoms with E-state index in [9.17, 15) is 26.4 Å². The number of pyridine rings is 1. The first-order valence-electron chi connectivity index (χ1n) is 14.9. The van der Waals surface area contributed by atoms with E-state index in [0.717, 1.165) is 25.7 Å². The van der Waals surface area contributed by atoms with Crippen LogP contribution in [0.2, 0.25) is 0 Å². The molecule has 238 valence electrons. The molecule has 3 aromatic rings. The minimum absolute atomic E-state index is 0.0237. The zero-order valence-electron chi connectivity index (χ0n) is 24.7. The highest BCUT2D eigenvalue weighted by Gasteiger charge is 2.62. The molecule has 1 unspecified atom stereocenters. The normalized spacial score (nSPS) is 22.4. The first kappa shape index (κ1) is 30.4. The van der Waals surface area contributed by atoms with Gasteiger partial charge in [-0.2, -0.15) is 26.7 Å². The summed E-state index contributed by atoms with van der Waals surface area (Å²) in [7, 11) is -4.23. The molecule has 6 rings (SSSR count). The summed E-state index contributed by atoms with van der Waals surface area (Å²) in [6.07, 6.45) is 3.27. The van der Waals surface area contributed by atoms with Crippen molar-refractivity contribution in [3.63, 3.8) is 0 Å². The van der Waals surface area contributed by atoms with Crippen LogP contribution in [0.4, 0.5) is 19.0 Å². The lowest BCUT2D eigenvalue weighted by atomic mass is 9.93. The van der Waals surface area contributed by atoms with Gasteiger partial charge < -0.3 is 9.64 Å². The fourth-order valence-electron chi connectivity index (χ4n) is 6.37. The van der Waals surface area contributed by atoms with Crippen LogP contribution in [0.3, 0.4) is 0 Å². The summed E-state index contributed by atoms with van der Waals surface area (Å²) in [5, 5.41) is 8.32. The molecule has 1 atom stereocenters. The van der Waals surface area contributed by atoms with Crippen molar-refractivity contribution in [2.24, 2.45) is 11.3 Å². The Kier molecular flexibility index (Phi) is 7.65. The Hall–Kier alpha value is -3.62. The van der Waals surface area contributed by atoms with Gasteiger partial charge in [0, 0.05) is 37.1 Å². The third kappa shape index (κ3) is 6.02. The standard InChI is InChI=1S/C29H36F3N7O4S/c1-27(2)18-20-6-3-4-14-37-15-10-24(35-37)44(41,42)36-26(40)21-7-8-22(33-25(21)38(27)19-20)39-16-9-23(34-39)43-17-5-11-28(12-13-28)29(30,31)32/h7-10,15-16,20H,3-6,11-14,17-19H2,1-2H3,(H,36,40). The first-order chi connectivity index (χ1) is 20.8. The Bertz CT molecular complexity index is 1650. The molecule has 0 spiro atoms. The second-order valence-electron chi connectivity index (χ2n) is 12.7. The fourth-order valence-corrected chi connectivity index (χ4v) is 7.29. The predicted octanol–water partition coefficient (Wildman–Crippen LogP) is 4.87. The van der Waals surface area contributed by atoms with Gasteiger partial charge in [0.1, 0.15) is 5.82 Å². The highest BCUT2D eigenvalue weighted by molar-refractivity contribution is 7.90. The van der Waals surface area contributed by atoms with Gasteiger partial charge in [-0.25, -0.2) is 14.4 Å². The Morgan fingerprint density at radius 2 is 1.89 bits per heavy atom. The third-order valence-corrected chi connectivity index (χ3v) is 10.2. The number of anilines is 1. The number of nitrogens with zero attached hydrogens (tertiary/aromatic N) is 6. The molecule has 3 aromatic heterocycles. The molecule has 0 radical (unpaired) electrons. The van der Waals surface area contributed by atoms with Crippen molar-refractivity contribution in [3.8, 4) is 11.7 Å². The van der Waals surface area contributed by atoms with Crippen molar-refractivity contribution < 1.29 is 31.1 Å². The van der Waals surface area contributed by atoms with E-state index in [-0.39, 0.29) is 54.3 Å². The van der Waals surface area contributed by atoms with E-state index < -0.39 is 27.5 Å². The van der Waals surface area contributed by atoms with Gasteiger partial charge in [0.25, 0.3) is 15.9 Å². The first-order valence-corrected chi connectivity index (χ1v) is 16.4. The quantitative estimate of drug-likeness (QED) is 0.381. The zero-order chi connectivity index (χ0) is 31.3. The van der Waals surface area contributed by atoms with Gasteiger partial charge in [0.05, 0.1) is 17.6 Å². The maximum absolute atomic E-state index is 13.5. The van der Waals surface area contributed by atoms with E-state index in [4.69, 9.17) is 9.72 Å². The van der Waals surface area contributed by atoms with Gasteiger partial charge in [-0.15, -0.1) is 5.10 Å². The Labute approximate surface area is 253 Å². The second kappa shape index (κ2) is 11.1. The third-order valence-electron chi connectivity index (χ3n) is 8.99. The molecule has 1 saturated carbocycles. The summed E-state index contributed by atoms with van der Waals surface area (Å²) >= 11 is 0. The number of fused-ring (bicyclic) bond motifs is 6. The summed E-state index contributed by atoms with van der Waals surface area (Å²) in [4.78, 5) is 20.4. The van der Waals surface area contributed by atoms with Crippen molar-refractivity contribution in [1.29, 1.82) is 0 Å². The molecular weight excluding hydrogens is 599 g/mol. The van der Waals surface area contributed by atoms with E-state index >= 15 is 0 Å². The largest absolute Gasteiger partial charge is 0.477 e. The number of carbonyl (C=O) groups is 1. The molecule has 1 aliphatic carbocycles. The number of alkyl halides is 3. The lowest BCUT2D eigenvalue weighted by Gasteiger charge is -2.34. The van der Waals surface area contributed by atoms with Crippen molar-refractivity contribution in [2.75, 3.05) is 18.1 Å². The van der Waals surface area contributed by atoms with Crippen molar-refractivity contribution >= 4 is 21.7 Å². The number of aromatic nitrogens is 5. The van der Waals surface area contributed by atoms with E-state index in [2.05, 4.69) is 33.7 Å². The molecule has 0 aromatic carbocycles. The molecule has 1 amide bonds. The van der Waals surface area contributed by atoms with Crippen LogP contribution in [0, 0.1) is 11.3 Å². The Morgan fingerprint density at radius 1 is 1.09 bits per heavy atom. The number of sulfonamides is 1. The number of nitrogens with one attached hydrogen (secondary N) is 1. The number of ether oxygens (including phenoxy) is 1. The van der Waals surface area contributed by atoms with Crippen LogP contribution in [-0.2, 0) is 16.6 Å². The van der Waals surface area contributed by atoms with Gasteiger partial charge >= 0.3 is 6.18 Å². The average molecular weight is 636 g/mol. The molecule has 11 nitrogen and oxygen atoms in total. The van der Waals surface area contributed by atoms with Gasteiger partial charge in [-0.3, -0.25) is 9.48 Å². The van der Waals surface area contributed by atoms with Gasteiger partial charge in [0.15, 0.2) is 10.8 Å². The predicted molar refractivity (Wildman–Crippen MR) is 154 cm³/mol. The molecule has 4 bridgehead atoms. The van der Waals surface area contributed by atoms with Gasteiger partial charge in [-0.05, 0) is 82.9 Å². The molecule has 15 heteroatoms. The number of carbonyl (C=O) groups excluding carboxylic acids is 1. The number of aryl methyl sites for hydroxylation is 1. The summed E-state index contributed by atoms with van der Waals surface area (Å²) in [6.45, 7) is 5.49. The molecule has 44 heavy (non-hydrogen) atoms. The van der Waals surface area contributed by atoms with Gasteiger partial charge in [-0.1, -0.05) is 6.42 Å². The van der Waals surface area contributed by atoms with Crippen molar-refractivity contribution in [2.45, 2.75) is 88.5 Å². The number of hydrogen-bond donors (Lipinski definition) is 1. The van der Waals surface area contributed by atoms with Crippen LogP contribution in [0.5, 0.6) is 5.88 Å². The van der Waals surface area contributed by atoms with Crippen molar-refractivity contribution in [3.05, 3.63) is 42.2 Å². The molecule has 2 fully saturated rings. The molecule has 1 saturated heterocycles.